The molecule has 1 aliphatic rings. The summed E-state index contributed by atoms with van der Waals surface area (Å²) in [5, 5.41) is 0. The summed E-state index contributed by atoms with van der Waals surface area (Å²) in [4.78, 5) is 11.0. The zero-order valence-corrected chi connectivity index (χ0v) is 11.1. The van der Waals surface area contributed by atoms with Crippen LogP contribution in [0.15, 0.2) is 33.6 Å². The van der Waals surface area contributed by atoms with Crippen molar-refractivity contribution in [3.8, 4) is 0 Å². The van der Waals surface area contributed by atoms with Crippen molar-refractivity contribution in [3.63, 3.8) is 0 Å². The number of carbonyl (C=O) groups excluding carboxylic acids is 1. The number of carbonyl (C=O) groups is 1. The lowest BCUT2D eigenvalue weighted by molar-refractivity contribution is -0.137. The molecule has 0 aromatic heterocycles. The van der Waals surface area contributed by atoms with Crippen molar-refractivity contribution in [2.24, 2.45) is 0 Å². The molecule has 1 aliphatic heterocycles. The molecule has 0 amide bonds. The van der Waals surface area contributed by atoms with Crippen LogP contribution in [-0.2, 0) is 19.6 Å². The van der Waals surface area contributed by atoms with E-state index in [9.17, 15) is 13.2 Å². The molecule has 1 heterocycles. The molecular formula is C10H10BrNO4S. The minimum absolute atomic E-state index is 0.0791. The number of hydrogen-bond acceptors (Lipinski definition) is 4. The second kappa shape index (κ2) is 4.75. The number of esters is 1. The predicted molar refractivity (Wildman–Crippen MR) is 63.8 cm³/mol. The van der Waals surface area contributed by atoms with Crippen molar-refractivity contribution >= 4 is 31.9 Å². The lowest BCUT2D eigenvalue weighted by Crippen LogP contribution is -2.35. The summed E-state index contributed by atoms with van der Waals surface area (Å²) in [7, 11) is -3.59. The maximum absolute atomic E-state index is 11.9. The molecule has 1 aromatic rings. The molecule has 0 saturated carbocycles. The minimum Gasteiger partial charge on any atom is -0.464 e. The van der Waals surface area contributed by atoms with Crippen LogP contribution < -0.4 is 4.72 Å². The van der Waals surface area contributed by atoms with E-state index in [2.05, 4.69) is 20.7 Å². The van der Waals surface area contributed by atoms with E-state index in [1.165, 1.54) is 12.1 Å². The Morgan fingerprint density at radius 1 is 1.29 bits per heavy atom. The number of sulfonamides is 1. The maximum atomic E-state index is 11.9. The van der Waals surface area contributed by atoms with Crippen LogP contribution in [0.3, 0.4) is 0 Å². The SMILES string of the molecule is O=C1C[C@H](NS(=O)(=O)c2ccc(Br)cc2)CO1. The number of hydrogen-bond donors (Lipinski definition) is 1. The molecule has 0 radical (unpaired) electrons. The third-order valence-corrected chi connectivity index (χ3v) is 4.37. The first-order chi connectivity index (χ1) is 7.97. The van der Waals surface area contributed by atoms with Gasteiger partial charge in [0.1, 0.15) is 6.61 Å². The zero-order chi connectivity index (χ0) is 12.5. The third kappa shape index (κ3) is 3.05. The summed E-state index contributed by atoms with van der Waals surface area (Å²) in [6, 6.07) is 5.79. The lowest BCUT2D eigenvalue weighted by Gasteiger charge is -2.10. The van der Waals surface area contributed by atoms with Crippen molar-refractivity contribution in [1.82, 2.24) is 4.72 Å². The average Bonchev–Trinajstić information content (AvgIpc) is 2.63. The fourth-order valence-electron chi connectivity index (χ4n) is 1.49. The molecule has 0 aliphatic carbocycles. The van der Waals surface area contributed by atoms with Crippen molar-refractivity contribution in [2.75, 3.05) is 6.61 Å². The Balaban J connectivity index is 2.14. The highest BCUT2D eigenvalue weighted by atomic mass is 79.9. The van der Waals surface area contributed by atoms with E-state index in [4.69, 9.17) is 4.74 Å². The smallest absolute Gasteiger partial charge is 0.307 e. The molecule has 1 N–H and O–H groups in total. The number of cyclic esters (lactones) is 1. The summed E-state index contributed by atoms with van der Waals surface area (Å²) in [5.41, 5.74) is 0. The summed E-state index contributed by atoms with van der Waals surface area (Å²) < 4.78 is 31.8. The lowest BCUT2D eigenvalue weighted by atomic mass is 10.3. The van der Waals surface area contributed by atoms with E-state index < -0.39 is 16.1 Å². The van der Waals surface area contributed by atoms with Gasteiger partial charge in [0.05, 0.1) is 17.4 Å². The summed E-state index contributed by atoms with van der Waals surface area (Å²) in [6.45, 7) is 0.0919. The van der Waals surface area contributed by atoms with Gasteiger partial charge in [-0.1, -0.05) is 15.9 Å². The van der Waals surface area contributed by atoms with Gasteiger partial charge in [0.25, 0.3) is 0 Å². The Bertz CT molecular complexity index is 526. The first-order valence-corrected chi connectivity index (χ1v) is 7.18. The average molecular weight is 320 g/mol. The van der Waals surface area contributed by atoms with Crippen LogP contribution in [-0.4, -0.2) is 27.0 Å². The van der Waals surface area contributed by atoms with Gasteiger partial charge in [-0.05, 0) is 24.3 Å². The maximum Gasteiger partial charge on any atom is 0.307 e. The molecule has 1 saturated heterocycles. The van der Waals surface area contributed by atoms with E-state index in [-0.39, 0.29) is 23.9 Å². The molecule has 1 fully saturated rings. The number of rotatable bonds is 3. The van der Waals surface area contributed by atoms with Crippen LogP contribution in [0.4, 0.5) is 0 Å². The minimum atomic E-state index is -3.59. The van der Waals surface area contributed by atoms with Gasteiger partial charge < -0.3 is 4.74 Å². The van der Waals surface area contributed by atoms with Gasteiger partial charge in [0.15, 0.2) is 0 Å². The van der Waals surface area contributed by atoms with Crippen LogP contribution in [0.5, 0.6) is 0 Å². The standard InChI is InChI=1S/C10H10BrNO4S/c11-7-1-3-9(4-2-7)17(14,15)12-8-5-10(13)16-6-8/h1-4,8,12H,5-6H2/t8-/m0/s1. The highest BCUT2D eigenvalue weighted by Crippen LogP contribution is 2.16. The summed E-state index contributed by atoms with van der Waals surface area (Å²) in [6.07, 6.45) is 0.0791. The molecule has 17 heavy (non-hydrogen) atoms. The van der Waals surface area contributed by atoms with Gasteiger partial charge in [-0.25, -0.2) is 13.1 Å². The molecule has 0 spiro atoms. The van der Waals surface area contributed by atoms with Gasteiger partial charge in [-0.15, -0.1) is 0 Å². The number of halogens is 1. The van der Waals surface area contributed by atoms with Crippen LogP contribution >= 0.6 is 15.9 Å². The van der Waals surface area contributed by atoms with Gasteiger partial charge in [-0.3, -0.25) is 4.79 Å². The van der Waals surface area contributed by atoms with Crippen molar-refractivity contribution in [2.45, 2.75) is 17.4 Å². The van der Waals surface area contributed by atoms with Gasteiger partial charge in [0, 0.05) is 4.47 Å². The molecule has 92 valence electrons. The third-order valence-electron chi connectivity index (χ3n) is 2.30. The van der Waals surface area contributed by atoms with E-state index in [1.54, 1.807) is 12.1 Å². The molecule has 5 nitrogen and oxygen atoms in total. The first-order valence-electron chi connectivity index (χ1n) is 4.91. The number of ether oxygens (including phenoxy) is 1. The molecule has 2 rings (SSSR count). The monoisotopic (exact) mass is 319 g/mol. The number of nitrogens with one attached hydrogen (secondary N) is 1. The van der Waals surface area contributed by atoms with Gasteiger partial charge in [0.2, 0.25) is 10.0 Å². The Hall–Kier alpha value is -0.920. The van der Waals surface area contributed by atoms with E-state index in [1.807, 2.05) is 0 Å². The van der Waals surface area contributed by atoms with Crippen LogP contribution in [0.25, 0.3) is 0 Å². The molecule has 0 bridgehead atoms. The van der Waals surface area contributed by atoms with Crippen molar-refractivity contribution in [3.05, 3.63) is 28.7 Å². The van der Waals surface area contributed by atoms with Gasteiger partial charge >= 0.3 is 5.97 Å². The molecule has 7 heteroatoms. The Kier molecular flexibility index (Phi) is 3.50. The fraction of sp³-hybridized carbons (Fsp3) is 0.300. The highest BCUT2D eigenvalue weighted by Gasteiger charge is 2.28. The van der Waals surface area contributed by atoms with Crippen LogP contribution in [0.2, 0.25) is 0 Å². The van der Waals surface area contributed by atoms with Crippen molar-refractivity contribution < 1.29 is 17.9 Å². The fourth-order valence-corrected chi connectivity index (χ4v) is 2.97. The Morgan fingerprint density at radius 3 is 2.47 bits per heavy atom. The Morgan fingerprint density at radius 2 is 1.94 bits per heavy atom. The second-order valence-electron chi connectivity index (χ2n) is 3.66. The van der Waals surface area contributed by atoms with Gasteiger partial charge in [-0.2, -0.15) is 0 Å². The van der Waals surface area contributed by atoms with E-state index in [0.717, 1.165) is 4.47 Å². The summed E-state index contributed by atoms with van der Waals surface area (Å²) in [5.74, 6) is -0.381. The molecule has 1 atom stereocenters. The van der Waals surface area contributed by atoms with Crippen molar-refractivity contribution in [1.29, 1.82) is 0 Å². The summed E-state index contributed by atoms with van der Waals surface area (Å²) >= 11 is 3.23. The predicted octanol–water partition coefficient (Wildman–Crippen LogP) is 1.04. The topological polar surface area (TPSA) is 72.5 Å². The Labute approximate surface area is 107 Å². The van der Waals surface area contributed by atoms with E-state index >= 15 is 0 Å². The van der Waals surface area contributed by atoms with Crippen LogP contribution in [0.1, 0.15) is 6.42 Å². The normalized spacial score (nSPS) is 20.3. The molecular weight excluding hydrogens is 310 g/mol. The zero-order valence-electron chi connectivity index (χ0n) is 8.72. The quantitative estimate of drug-likeness (QED) is 0.845. The largest absolute Gasteiger partial charge is 0.464 e. The van der Waals surface area contributed by atoms with E-state index in [0.29, 0.717) is 0 Å². The second-order valence-corrected chi connectivity index (χ2v) is 6.29. The van der Waals surface area contributed by atoms with Crippen LogP contribution in [0, 0.1) is 0 Å². The first kappa shape index (κ1) is 12.5. The highest BCUT2D eigenvalue weighted by molar-refractivity contribution is 9.10. The number of benzene rings is 1. The molecule has 1 aromatic carbocycles. The molecule has 0 unspecified atom stereocenters.